The number of rotatable bonds is 7. The molecule has 2 aromatic heterocycles. The first-order chi connectivity index (χ1) is 18.8. The molecule has 0 fully saturated rings. The smallest absolute Gasteiger partial charge is 0.338 e. The molecule has 8 heteroatoms. The molecule has 202 valence electrons. The van der Waals surface area contributed by atoms with E-state index in [4.69, 9.17) is 14.5 Å². The molecule has 0 spiro atoms. The molecule has 0 saturated carbocycles. The third kappa shape index (κ3) is 4.63. The standard InChI is InChI=1S/C31H33N3O4S/c1-7-33-20(6)23(21-13-9-11-15-24(21)33)17-26-29(35)34-28(22-14-10-12-16-25(22)38-18(3)4)27(30(36)37-8-2)19(5)32-31(34)39-26/h9-18,28H,7-8H2,1-6H3/b26-17-/t28-/m1/s1. The van der Waals surface area contributed by atoms with Crippen molar-refractivity contribution < 1.29 is 14.3 Å². The van der Waals surface area contributed by atoms with Crippen LogP contribution in [0.3, 0.4) is 0 Å². The van der Waals surface area contributed by atoms with Crippen molar-refractivity contribution in [3.63, 3.8) is 0 Å². The van der Waals surface area contributed by atoms with E-state index in [1.165, 1.54) is 11.3 Å². The number of carbonyl (C=O) groups excluding carboxylic acids is 1. The topological polar surface area (TPSA) is 74.8 Å². The lowest BCUT2D eigenvalue weighted by Crippen LogP contribution is -2.40. The van der Waals surface area contributed by atoms with Gasteiger partial charge >= 0.3 is 5.97 Å². The van der Waals surface area contributed by atoms with Gasteiger partial charge in [0.1, 0.15) is 11.8 Å². The Morgan fingerprint density at radius 3 is 2.54 bits per heavy atom. The number of hydrogen-bond donors (Lipinski definition) is 0. The molecule has 7 nitrogen and oxygen atoms in total. The van der Waals surface area contributed by atoms with Crippen molar-refractivity contribution in [2.24, 2.45) is 4.99 Å². The zero-order valence-corrected chi connectivity index (χ0v) is 24.0. The van der Waals surface area contributed by atoms with Gasteiger partial charge in [-0.05, 0) is 59.8 Å². The number of hydrogen-bond acceptors (Lipinski definition) is 6. The molecular weight excluding hydrogens is 510 g/mol. The number of carbonyl (C=O) groups is 1. The Labute approximate surface area is 231 Å². The van der Waals surface area contributed by atoms with Gasteiger partial charge in [-0.2, -0.15) is 0 Å². The minimum absolute atomic E-state index is 0.0861. The lowest BCUT2D eigenvalue weighted by molar-refractivity contribution is -0.139. The van der Waals surface area contributed by atoms with E-state index in [2.05, 4.69) is 30.5 Å². The summed E-state index contributed by atoms with van der Waals surface area (Å²) in [5.41, 5.74) is 4.63. The number of aromatic nitrogens is 2. The van der Waals surface area contributed by atoms with E-state index in [0.29, 0.717) is 26.4 Å². The van der Waals surface area contributed by atoms with Crippen LogP contribution >= 0.6 is 11.3 Å². The molecule has 1 aliphatic heterocycles. The molecule has 0 N–H and O–H groups in total. The zero-order valence-electron chi connectivity index (χ0n) is 23.1. The highest BCUT2D eigenvalue weighted by atomic mass is 32.1. The predicted molar refractivity (Wildman–Crippen MR) is 155 cm³/mol. The molecule has 2 aromatic carbocycles. The summed E-state index contributed by atoms with van der Waals surface area (Å²) < 4.78 is 16.0. The van der Waals surface area contributed by atoms with Gasteiger partial charge in [0.05, 0.1) is 28.5 Å². The summed E-state index contributed by atoms with van der Waals surface area (Å²) in [6.45, 7) is 12.7. The summed E-state index contributed by atoms with van der Waals surface area (Å²) in [6, 6.07) is 15.0. The Morgan fingerprint density at radius 2 is 1.82 bits per heavy atom. The molecular formula is C31H33N3O4S. The number of esters is 1. The number of allylic oxidation sites excluding steroid dienone is 1. The number of benzene rings is 2. The fourth-order valence-electron chi connectivity index (χ4n) is 5.33. The van der Waals surface area contributed by atoms with Gasteiger partial charge in [0.25, 0.3) is 5.56 Å². The van der Waals surface area contributed by atoms with E-state index in [9.17, 15) is 9.59 Å². The van der Waals surface area contributed by atoms with Crippen LogP contribution in [0, 0.1) is 6.92 Å². The number of para-hydroxylation sites is 2. The van der Waals surface area contributed by atoms with Gasteiger partial charge in [-0.15, -0.1) is 0 Å². The van der Waals surface area contributed by atoms with Gasteiger partial charge in [-0.3, -0.25) is 9.36 Å². The maximum Gasteiger partial charge on any atom is 0.338 e. The first-order valence-corrected chi connectivity index (χ1v) is 14.1. The van der Waals surface area contributed by atoms with Crippen molar-refractivity contribution in [1.82, 2.24) is 9.13 Å². The maximum atomic E-state index is 14.2. The third-order valence-electron chi connectivity index (χ3n) is 6.96. The molecule has 4 aromatic rings. The van der Waals surface area contributed by atoms with Crippen molar-refractivity contribution >= 4 is 34.3 Å². The van der Waals surface area contributed by atoms with Crippen LogP contribution in [0.2, 0.25) is 0 Å². The number of aryl methyl sites for hydroxylation is 1. The van der Waals surface area contributed by atoms with Crippen LogP contribution in [-0.4, -0.2) is 27.8 Å². The maximum absolute atomic E-state index is 14.2. The summed E-state index contributed by atoms with van der Waals surface area (Å²) in [6.07, 6.45) is 1.88. The van der Waals surface area contributed by atoms with E-state index in [1.807, 2.05) is 56.3 Å². The normalized spacial score (nSPS) is 15.6. The number of ether oxygens (including phenoxy) is 2. The molecule has 1 atom stereocenters. The Morgan fingerprint density at radius 1 is 1.10 bits per heavy atom. The second-order valence-corrected chi connectivity index (χ2v) is 10.8. The van der Waals surface area contributed by atoms with Crippen LogP contribution in [0.25, 0.3) is 17.0 Å². The molecule has 0 bridgehead atoms. The summed E-state index contributed by atoms with van der Waals surface area (Å²) in [4.78, 5) is 32.7. The first kappa shape index (κ1) is 26.7. The fraction of sp³-hybridized carbons (Fsp3) is 0.323. The van der Waals surface area contributed by atoms with Crippen molar-refractivity contribution in [2.75, 3.05) is 6.61 Å². The molecule has 0 radical (unpaired) electrons. The van der Waals surface area contributed by atoms with E-state index in [-0.39, 0.29) is 18.3 Å². The molecule has 1 aliphatic rings. The molecule has 0 aliphatic carbocycles. The summed E-state index contributed by atoms with van der Waals surface area (Å²) in [7, 11) is 0. The molecule has 39 heavy (non-hydrogen) atoms. The molecule has 0 unspecified atom stereocenters. The largest absolute Gasteiger partial charge is 0.491 e. The zero-order chi connectivity index (χ0) is 27.8. The molecule has 0 amide bonds. The lowest BCUT2D eigenvalue weighted by atomic mass is 9.95. The second kappa shape index (κ2) is 10.7. The van der Waals surface area contributed by atoms with Gasteiger partial charge in [-0.25, -0.2) is 9.79 Å². The van der Waals surface area contributed by atoms with Gasteiger partial charge in [-0.1, -0.05) is 47.7 Å². The lowest BCUT2D eigenvalue weighted by Gasteiger charge is -2.26. The Kier molecular flexibility index (Phi) is 7.32. The van der Waals surface area contributed by atoms with Crippen molar-refractivity contribution in [3.05, 3.63) is 96.3 Å². The van der Waals surface area contributed by atoms with Crippen molar-refractivity contribution in [1.29, 1.82) is 0 Å². The highest BCUT2D eigenvalue weighted by molar-refractivity contribution is 7.07. The van der Waals surface area contributed by atoms with Crippen LogP contribution in [0.15, 0.2) is 69.6 Å². The molecule has 0 saturated heterocycles. The third-order valence-corrected chi connectivity index (χ3v) is 7.95. The first-order valence-electron chi connectivity index (χ1n) is 13.3. The Balaban J connectivity index is 1.79. The van der Waals surface area contributed by atoms with Gasteiger partial charge in [0.15, 0.2) is 4.80 Å². The summed E-state index contributed by atoms with van der Waals surface area (Å²) in [5, 5.41) is 1.10. The van der Waals surface area contributed by atoms with Crippen LogP contribution in [0.4, 0.5) is 0 Å². The van der Waals surface area contributed by atoms with E-state index in [1.54, 1.807) is 18.4 Å². The van der Waals surface area contributed by atoms with Gasteiger partial charge < -0.3 is 14.0 Å². The summed E-state index contributed by atoms with van der Waals surface area (Å²) in [5.74, 6) is 0.129. The number of thiazole rings is 1. The average molecular weight is 544 g/mol. The Bertz CT molecular complexity index is 1790. The van der Waals surface area contributed by atoms with Gasteiger partial charge in [0.2, 0.25) is 0 Å². The Hall–Kier alpha value is -3.91. The number of nitrogens with zero attached hydrogens (tertiary/aromatic N) is 3. The SMILES string of the molecule is CCOC(=O)C1=C(C)N=c2s/c(=C\c3c(C)n(CC)c4ccccc34)c(=O)n2[C@@H]1c1ccccc1OC(C)C. The highest BCUT2D eigenvalue weighted by Crippen LogP contribution is 2.36. The number of fused-ring (bicyclic) bond motifs is 2. The average Bonchev–Trinajstić information content (AvgIpc) is 3.36. The van der Waals surface area contributed by atoms with E-state index < -0.39 is 12.0 Å². The predicted octanol–water partition coefficient (Wildman–Crippen LogP) is 4.87. The minimum Gasteiger partial charge on any atom is -0.491 e. The second-order valence-electron chi connectivity index (χ2n) is 9.77. The highest BCUT2D eigenvalue weighted by Gasteiger charge is 2.35. The van der Waals surface area contributed by atoms with Crippen LogP contribution in [0.1, 0.15) is 57.5 Å². The molecule has 5 rings (SSSR count). The van der Waals surface area contributed by atoms with Crippen LogP contribution < -0.4 is 19.6 Å². The van der Waals surface area contributed by atoms with Gasteiger partial charge in [0, 0.05) is 34.3 Å². The fourth-order valence-corrected chi connectivity index (χ4v) is 6.36. The van der Waals surface area contributed by atoms with Crippen LogP contribution in [-0.2, 0) is 16.1 Å². The van der Waals surface area contributed by atoms with Crippen molar-refractivity contribution in [3.8, 4) is 5.75 Å². The van der Waals surface area contributed by atoms with E-state index >= 15 is 0 Å². The van der Waals surface area contributed by atoms with Crippen molar-refractivity contribution in [2.45, 2.75) is 60.2 Å². The summed E-state index contributed by atoms with van der Waals surface area (Å²) >= 11 is 1.33. The monoisotopic (exact) mass is 543 g/mol. The minimum atomic E-state index is -0.726. The quantitative estimate of drug-likeness (QED) is 0.312. The van der Waals surface area contributed by atoms with Crippen LogP contribution in [0.5, 0.6) is 5.75 Å². The van der Waals surface area contributed by atoms with E-state index in [0.717, 1.165) is 34.3 Å². The molecule has 3 heterocycles.